The lowest BCUT2D eigenvalue weighted by atomic mass is 10.2. The molecule has 2 rings (SSSR count). The van der Waals surface area contributed by atoms with Crippen LogP contribution in [-0.2, 0) is 13.0 Å². The minimum absolute atomic E-state index is 0.888. The van der Waals surface area contributed by atoms with Crippen molar-refractivity contribution < 1.29 is 0 Å². The lowest BCUT2D eigenvalue weighted by molar-refractivity contribution is 0.227. The van der Waals surface area contributed by atoms with Crippen molar-refractivity contribution in [1.82, 2.24) is 20.2 Å². The third-order valence-corrected chi connectivity index (χ3v) is 2.84. The monoisotopic (exact) mass is 220 g/mol. The predicted molar refractivity (Wildman–Crippen MR) is 64.2 cm³/mol. The minimum Gasteiger partial charge on any atom is -0.314 e. The molecular weight excluding hydrogens is 200 g/mol. The summed E-state index contributed by atoms with van der Waals surface area (Å²) in [6, 6.07) is 2.02. The molecule has 0 unspecified atom stereocenters. The first-order valence-corrected chi connectivity index (χ1v) is 6.12. The molecule has 4 heteroatoms. The fraction of sp³-hybridized carbons (Fsp3) is 0.667. The zero-order chi connectivity index (χ0) is 11.2. The zero-order valence-corrected chi connectivity index (χ0v) is 9.95. The predicted octanol–water partition coefficient (Wildman–Crippen LogP) is 0.834. The Balaban J connectivity index is 1.94. The van der Waals surface area contributed by atoms with Gasteiger partial charge in [0.25, 0.3) is 0 Å². The van der Waals surface area contributed by atoms with E-state index in [1.54, 1.807) is 0 Å². The van der Waals surface area contributed by atoms with Gasteiger partial charge < -0.3 is 5.32 Å². The van der Waals surface area contributed by atoms with Crippen LogP contribution in [0, 0.1) is 0 Å². The second-order valence-corrected chi connectivity index (χ2v) is 4.24. The normalized spacial score (nSPS) is 17.6. The maximum Gasteiger partial charge on any atom is 0.142 e. The highest BCUT2D eigenvalue weighted by atomic mass is 15.2. The summed E-state index contributed by atoms with van der Waals surface area (Å²) < 4.78 is 0. The highest BCUT2D eigenvalue weighted by Crippen LogP contribution is 2.03. The molecule has 1 aromatic rings. The number of aryl methyl sites for hydroxylation is 1. The molecule has 0 aliphatic carbocycles. The summed E-state index contributed by atoms with van der Waals surface area (Å²) in [5.41, 5.74) is 1.17. The molecule has 0 bridgehead atoms. The maximum absolute atomic E-state index is 4.58. The molecule has 88 valence electrons. The van der Waals surface area contributed by atoms with E-state index in [-0.39, 0.29) is 0 Å². The molecular formula is C12H20N4. The molecule has 1 N–H and O–H groups in total. The van der Waals surface area contributed by atoms with Gasteiger partial charge in [-0.15, -0.1) is 0 Å². The molecule has 4 nitrogen and oxygen atoms in total. The van der Waals surface area contributed by atoms with E-state index in [0.717, 1.165) is 51.4 Å². The topological polar surface area (TPSA) is 41.1 Å². The summed E-state index contributed by atoms with van der Waals surface area (Å²) in [5.74, 6) is 0.966. The van der Waals surface area contributed by atoms with E-state index >= 15 is 0 Å². The Hall–Kier alpha value is -1.00. The number of hydrogen-bond acceptors (Lipinski definition) is 4. The Kier molecular flexibility index (Phi) is 4.25. The van der Waals surface area contributed by atoms with E-state index in [1.807, 2.05) is 12.3 Å². The van der Waals surface area contributed by atoms with Gasteiger partial charge in [-0.1, -0.05) is 13.3 Å². The Bertz CT molecular complexity index is 321. The maximum atomic E-state index is 4.58. The van der Waals surface area contributed by atoms with Crippen molar-refractivity contribution in [3.05, 3.63) is 23.8 Å². The average Bonchev–Trinajstić information content (AvgIpc) is 2.31. The molecule has 1 aromatic heterocycles. The van der Waals surface area contributed by atoms with Gasteiger partial charge in [0.15, 0.2) is 0 Å². The number of rotatable bonds is 4. The molecule has 0 amide bonds. The lowest BCUT2D eigenvalue weighted by Crippen LogP contribution is -2.43. The van der Waals surface area contributed by atoms with Gasteiger partial charge in [0.05, 0.1) is 6.54 Å². The quantitative estimate of drug-likeness (QED) is 0.816. The highest BCUT2D eigenvalue weighted by Gasteiger charge is 2.11. The van der Waals surface area contributed by atoms with E-state index in [1.165, 1.54) is 5.69 Å². The van der Waals surface area contributed by atoms with Crippen LogP contribution in [0.1, 0.15) is 24.9 Å². The van der Waals surface area contributed by atoms with Gasteiger partial charge in [0.1, 0.15) is 5.82 Å². The standard InChI is InChI=1S/C12H20N4/c1-2-3-11-4-5-14-12(15-11)10-16-8-6-13-7-9-16/h4-5,13H,2-3,6-10H2,1H3. The third-order valence-electron chi connectivity index (χ3n) is 2.84. The van der Waals surface area contributed by atoms with Crippen molar-refractivity contribution >= 4 is 0 Å². The van der Waals surface area contributed by atoms with Crippen LogP contribution in [0.15, 0.2) is 12.3 Å². The van der Waals surface area contributed by atoms with Gasteiger partial charge in [-0.3, -0.25) is 4.90 Å². The number of hydrogen-bond donors (Lipinski definition) is 1. The Morgan fingerprint density at radius 2 is 2.19 bits per heavy atom. The van der Waals surface area contributed by atoms with E-state index < -0.39 is 0 Å². The average molecular weight is 220 g/mol. The first kappa shape index (κ1) is 11.5. The zero-order valence-electron chi connectivity index (χ0n) is 9.95. The molecule has 1 aliphatic rings. The summed E-state index contributed by atoms with van der Waals surface area (Å²) in [5, 5.41) is 3.35. The smallest absolute Gasteiger partial charge is 0.142 e. The van der Waals surface area contributed by atoms with Crippen LogP contribution in [0.4, 0.5) is 0 Å². The summed E-state index contributed by atoms with van der Waals surface area (Å²) in [7, 11) is 0. The molecule has 0 spiro atoms. The van der Waals surface area contributed by atoms with Crippen LogP contribution in [0.3, 0.4) is 0 Å². The van der Waals surface area contributed by atoms with E-state index in [9.17, 15) is 0 Å². The molecule has 0 atom stereocenters. The van der Waals surface area contributed by atoms with Crippen molar-refractivity contribution in [2.45, 2.75) is 26.3 Å². The van der Waals surface area contributed by atoms with Crippen LogP contribution < -0.4 is 5.32 Å². The second kappa shape index (κ2) is 5.92. The van der Waals surface area contributed by atoms with Gasteiger partial charge in [-0.25, -0.2) is 9.97 Å². The molecule has 0 aromatic carbocycles. The Morgan fingerprint density at radius 1 is 1.38 bits per heavy atom. The van der Waals surface area contributed by atoms with Gasteiger partial charge >= 0.3 is 0 Å². The van der Waals surface area contributed by atoms with Crippen LogP contribution in [0.2, 0.25) is 0 Å². The van der Waals surface area contributed by atoms with Crippen LogP contribution in [0.5, 0.6) is 0 Å². The molecule has 1 aliphatic heterocycles. The lowest BCUT2D eigenvalue weighted by Gasteiger charge is -2.26. The van der Waals surface area contributed by atoms with Gasteiger partial charge in [-0.2, -0.15) is 0 Å². The van der Waals surface area contributed by atoms with Gasteiger partial charge in [0.2, 0.25) is 0 Å². The molecule has 0 saturated carbocycles. The highest BCUT2D eigenvalue weighted by molar-refractivity contribution is 5.02. The largest absolute Gasteiger partial charge is 0.314 e. The fourth-order valence-corrected chi connectivity index (χ4v) is 1.98. The fourth-order valence-electron chi connectivity index (χ4n) is 1.98. The van der Waals surface area contributed by atoms with Crippen molar-refractivity contribution in [2.24, 2.45) is 0 Å². The first-order chi connectivity index (χ1) is 7.88. The summed E-state index contributed by atoms with van der Waals surface area (Å²) in [6.45, 7) is 7.42. The molecule has 1 saturated heterocycles. The number of nitrogens with one attached hydrogen (secondary N) is 1. The number of aromatic nitrogens is 2. The second-order valence-electron chi connectivity index (χ2n) is 4.24. The van der Waals surface area contributed by atoms with Gasteiger partial charge in [-0.05, 0) is 12.5 Å². The SMILES string of the molecule is CCCc1ccnc(CN2CCNCC2)n1. The van der Waals surface area contributed by atoms with Crippen LogP contribution >= 0.6 is 0 Å². The number of nitrogens with zero attached hydrogens (tertiary/aromatic N) is 3. The Morgan fingerprint density at radius 3 is 2.94 bits per heavy atom. The minimum atomic E-state index is 0.888. The van der Waals surface area contributed by atoms with Crippen LogP contribution in [-0.4, -0.2) is 41.0 Å². The third kappa shape index (κ3) is 3.25. The molecule has 0 radical (unpaired) electrons. The summed E-state index contributed by atoms with van der Waals surface area (Å²) in [6.07, 6.45) is 4.08. The molecule has 1 fully saturated rings. The van der Waals surface area contributed by atoms with Crippen molar-refractivity contribution in [1.29, 1.82) is 0 Å². The number of piperazine rings is 1. The van der Waals surface area contributed by atoms with Crippen molar-refractivity contribution in [3.8, 4) is 0 Å². The van der Waals surface area contributed by atoms with Crippen LogP contribution in [0.25, 0.3) is 0 Å². The summed E-state index contributed by atoms with van der Waals surface area (Å²) in [4.78, 5) is 11.3. The van der Waals surface area contributed by atoms with Gasteiger partial charge in [0, 0.05) is 38.1 Å². The molecule has 16 heavy (non-hydrogen) atoms. The van der Waals surface area contributed by atoms with Crippen molar-refractivity contribution in [3.63, 3.8) is 0 Å². The van der Waals surface area contributed by atoms with Crippen molar-refractivity contribution in [2.75, 3.05) is 26.2 Å². The van der Waals surface area contributed by atoms with E-state index in [4.69, 9.17) is 0 Å². The first-order valence-electron chi connectivity index (χ1n) is 6.12. The molecule has 2 heterocycles. The summed E-state index contributed by atoms with van der Waals surface area (Å²) >= 11 is 0. The van der Waals surface area contributed by atoms with E-state index in [2.05, 4.69) is 27.1 Å². The Labute approximate surface area is 97.1 Å². The van der Waals surface area contributed by atoms with E-state index in [0.29, 0.717) is 0 Å².